The fraction of sp³-hybridized carbons (Fsp3) is 0.235. The van der Waals surface area contributed by atoms with Gasteiger partial charge in [-0.3, -0.25) is 4.79 Å². The lowest BCUT2D eigenvalue weighted by Crippen LogP contribution is -2.13. The minimum Gasteiger partial charge on any atom is -0.490 e. The molecule has 0 radical (unpaired) electrons. The van der Waals surface area contributed by atoms with Crippen molar-refractivity contribution < 1.29 is 14.3 Å². The number of hydrogen-bond donors (Lipinski definition) is 1. The molecule has 0 saturated heterocycles. The highest BCUT2D eigenvalue weighted by molar-refractivity contribution is 6.05. The summed E-state index contributed by atoms with van der Waals surface area (Å²) in [6.07, 6.45) is 0.861. The highest BCUT2D eigenvalue weighted by Crippen LogP contribution is 2.32. The van der Waals surface area contributed by atoms with Crippen molar-refractivity contribution in [1.29, 1.82) is 0 Å². The predicted octanol–water partition coefficient (Wildman–Crippen LogP) is 3.41. The summed E-state index contributed by atoms with van der Waals surface area (Å²) in [7, 11) is 0. The van der Waals surface area contributed by atoms with Crippen LogP contribution in [0.3, 0.4) is 0 Å². The third kappa shape index (κ3) is 2.99. The third-order valence-corrected chi connectivity index (χ3v) is 3.40. The first-order chi connectivity index (χ1) is 10.2. The first-order valence-electron chi connectivity index (χ1n) is 7.01. The Bertz CT molecular complexity index is 667. The molecule has 0 saturated carbocycles. The molecule has 0 atom stereocenters. The van der Waals surface area contributed by atoms with E-state index in [1.165, 1.54) is 0 Å². The molecule has 0 spiro atoms. The van der Waals surface area contributed by atoms with Crippen LogP contribution < -0.4 is 14.8 Å². The van der Waals surface area contributed by atoms with Crippen LogP contribution in [0.4, 0.5) is 5.69 Å². The Labute approximate surface area is 123 Å². The van der Waals surface area contributed by atoms with Crippen LogP contribution in [0.1, 0.15) is 22.3 Å². The van der Waals surface area contributed by atoms with Crippen LogP contribution in [0, 0.1) is 6.92 Å². The highest BCUT2D eigenvalue weighted by Gasteiger charge is 2.13. The van der Waals surface area contributed by atoms with Crippen LogP contribution in [-0.2, 0) is 0 Å². The molecule has 1 N–H and O–H groups in total. The zero-order valence-corrected chi connectivity index (χ0v) is 11.9. The molecule has 0 aliphatic carbocycles. The van der Waals surface area contributed by atoms with Crippen LogP contribution >= 0.6 is 0 Å². The fourth-order valence-electron chi connectivity index (χ4n) is 2.27. The normalized spacial score (nSPS) is 13.4. The van der Waals surface area contributed by atoms with E-state index in [0.717, 1.165) is 17.7 Å². The second-order valence-electron chi connectivity index (χ2n) is 4.98. The molecule has 4 heteroatoms. The molecular formula is C17H17NO3. The van der Waals surface area contributed by atoms with Gasteiger partial charge in [0, 0.05) is 23.7 Å². The van der Waals surface area contributed by atoms with E-state index in [4.69, 9.17) is 9.47 Å². The molecule has 0 bridgehead atoms. The molecule has 21 heavy (non-hydrogen) atoms. The minimum absolute atomic E-state index is 0.123. The number of carbonyl (C=O) groups is 1. The van der Waals surface area contributed by atoms with Gasteiger partial charge in [0.25, 0.3) is 5.91 Å². The maximum Gasteiger partial charge on any atom is 0.255 e. The summed E-state index contributed by atoms with van der Waals surface area (Å²) < 4.78 is 11.2. The number of nitrogens with one attached hydrogen (secondary N) is 1. The molecular weight excluding hydrogens is 266 g/mol. The van der Waals surface area contributed by atoms with E-state index in [9.17, 15) is 4.79 Å². The molecule has 1 aliphatic rings. The van der Waals surface area contributed by atoms with Gasteiger partial charge >= 0.3 is 0 Å². The van der Waals surface area contributed by atoms with Crippen molar-refractivity contribution in [3.8, 4) is 11.5 Å². The van der Waals surface area contributed by atoms with E-state index < -0.39 is 0 Å². The maximum absolute atomic E-state index is 12.3. The predicted molar refractivity (Wildman–Crippen MR) is 81.2 cm³/mol. The van der Waals surface area contributed by atoms with Crippen LogP contribution in [0.25, 0.3) is 0 Å². The Hall–Kier alpha value is -2.49. The highest BCUT2D eigenvalue weighted by atomic mass is 16.5. The molecule has 108 valence electrons. The number of benzene rings is 2. The number of fused-ring (bicyclic) bond motifs is 1. The summed E-state index contributed by atoms with van der Waals surface area (Å²) in [5.41, 5.74) is 2.32. The number of rotatable bonds is 2. The van der Waals surface area contributed by atoms with Crippen molar-refractivity contribution in [3.63, 3.8) is 0 Å². The summed E-state index contributed by atoms with van der Waals surface area (Å²) in [6.45, 7) is 3.20. The topological polar surface area (TPSA) is 47.6 Å². The Morgan fingerprint density at radius 2 is 1.81 bits per heavy atom. The standard InChI is InChI=1S/C17H17NO3/c1-12-5-2-3-6-14(12)17(19)18-13-7-8-15-16(11-13)21-10-4-9-20-15/h2-3,5-8,11H,4,9-10H2,1H3,(H,18,19). The van der Waals surface area contributed by atoms with E-state index in [2.05, 4.69) is 5.32 Å². The van der Waals surface area contributed by atoms with Crippen molar-refractivity contribution >= 4 is 11.6 Å². The van der Waals surface area contributed by atoms with E-state index in [1.54, 1.807) is 6.07 Å². The molecule has 0 unspecified atom stereocenters. The number of aryl methyl sites for hydroxylation is 1. The Morgan fingerprint density at radius 3 is 2.62 bits per heavy atom. The van der Waals surface area contributed by atoms with E-state index in [1.807, 2.05) is 43.3 Å². The van der Waals surface area contributed by atoms with Crippen LogP contribution in [-0.4, -0.2) is 19.1 Å². The lowest BCUT2D eigenvalue weighted by atomic mass is 10.1. The van der Waals surface area contributed by atoms with Crippen molar-refractivity contribution in [1.82, 2.24) is 0 Å². The molecule has 1 heterocycles. The summed E-state index contributed by atoms with van der Waals surface area (Å²) in [5.74, 6) is 1.28. The zero-order chi connectivity index (χ0) is 14.7. The number of anilines is 1. The monoisotopic (exact) mass is 283 g/mol. The van der Waals surface area contributed by atoms with Crippen molar-refractivity contribution in [2.45, 2.75) is 13.3 Å². The summed E-state index contributed by atoms with van der Waals surface area (Å²) >= 11 is 0. The molecule has 0 aromatic heterocycles. The second kappa shape index (κ2) is 5.87. The number of ether oxygens (including phenoxy) is 2. The van der Waals surface area contributed by atoms with Gasteiger partial charge in [0.1, 0.15) is 0 Å². The lowest BCUT2D eigenvalue weighted by Gasteiger charge is -2.11. The van der Waals surface area contributed by atoms with Gasteiger partial charge in [-0.2, -0.15) is 0 Å². The number of carbonyl (C=O) groups excluding carboxylic acids is 1. The van der Waals surface area contributed by atoms with E-state index in [0.29, 0.717) is 30.2 Å². The largest absolute Gasteiger partial charge is 0.490 e. The first kappa shape index (κ1) is 13.5. The Kier molecular flexibility index (Phi) is 3.77. The van der Waals surface area contributed by atoms with E-state index >= 15 is 0 Å². The first-order valence-corrected chi connectivity index (χ1v) is 7.01. The Balaban J connectivity index is 1.81. The molecule has 2 aromatic carbocycles. The second-order valence-corrected chi connectivity index (χ2v) is 4.98. The molecule has 1 aliphatic heterocycles. The van der Waals surface area contributed by atoms with Crippen molar-refractivity contribution in [2.24, 2.45) is 0 Å². The smallest absolute Gasteiger partial charge is 0.255 e. The van der Waals surface area contributed by atoms with Gasteiger partial charge < -0.3 is 14.8 Å². The van der Waals surface area contributed by atoms with Gasteiger partial charge in [-0.05, 0) is 30.7 Å². The Morgan fingerprint density at radius 1 is 1.05 bits per heavy atom. The molecule has 2 aromatic rings. The van der Waals surface area contributed by atoms with Crippen LogP contribution in [0.15, 0.2) is 42.5 Å². The number of hydrogen-bond acceptors (Lipinski definition) is 3. The van der Waals surface area contributed by atoms with Crippen molar-refractivity contribution in [2.75, 3.05) is 18.5 Å². The van der Waals surface area contributed by atoms with E-state index in [-0.39, 0.29) is 5.91 Å². The molecule has 3 rings (SSSR count). The van der Waals surface area contributed by atoms with Crippen LogP contribution in [0.5, 0.6) is 11.5 Å². The van der Waals surface area contributed by atoms with Gasteiger partial charge in [-0.15, -0.1) is 0 Å². The maximum atomic E-state index is 12.3. The average molecular weight is 283 g/mol. The van der Waals surface area contributed by atoms with Gasteiger partial charge in [-0.1, -0.05) is 18.2 Å². The minimum atomic E-state index is -0.123. The van der Waals surface area contributed by atoms with Crippen LogP contribution in [0.2, 0.25) is 0 Å². The quantitative estimate of drug-likeness (QED) is 0.918. The molecule has 1 amide bonds. The molecule has 0 fully saturated rings. The third-order valence-electron chi connectivity index (χ3n) is 3.40. The summed E-state index contributed by atoms with van der Waals surface area (Å²) in [6, 6.07) is 13.0. The average Bonchev–Trinajstić information content (AvgIpc) is 2.72. The van der Waals surface area contributed by atoms with Gasteiger partial charge in [0.2, 0.25) is 0 Å². The SMILES string of the molecule is Cc1ccccc1C(=O)Nc1ccc2c(c1)OCCCO2. The van der Waals surface area contributed by atoms with Gasteiger partial charge in [-0.25, -0.2) is 0 Å². The lowest BCUT2D eigenvalue weighted by molar-refractivity contribution is 0.102. The fourth-order valence-corrected chi connectivity index (χ4v) is 2.27. The van der Waals surface area contributed by atoms with Gasteiger partial charge in [0.15, 0.2) is 11.5 Å². The zero-order valence-electron chi connectivity index (χ0n) is 11.9. The summed E-state index contributed by atoms with van der Waals surface area (Å²) in [5, 5.41) is 2.90. The van der Waals surface area contributed by atoms with Gasteiger partial charge in [0.05, 0.1) is 13.2 Å². The molecule has 4 nitrogen and oxygen atoms in total. The summed E-state index contributed by atoms with van der Waals surface area (Å²) in [4.78, 5) is 12.3. The number of amides is 1. The van der Waals surface area contributed by atoms with Crippen molar-refractivity contribution in [3.05, 3.63) is 53.6 Å².